The highest BCUT2D eigenvalue weighted by molar-refractivity contribution is 7.99. The van der Waals surface area contributed by atoms with Crippen molar-refractivity contribution in [3.05, 3.63) is 12.2 Å². The fourth-order valence-corrected chi connectivity index (χ4v) is 1.80. The van der Waals surface area contributed by atoms with Crippen LogP contribution < -0.4 is 5.32 Å². The zero-order valence-electron chi connectivity index (χ0n) is 9.98. The summed E-state index contributed by atoms with van der Waals surface area (Å²) in [4.78, 5) is 4.23. The number of rotatable bonds is 9. The van der Waals surface area contributed by atoms with Crippen LogP contribution in [0.3, 0.4) is 0 Å². The molecule has 0 bridgehead atoms. The van der Waals surface area contributed by atoms with Gasteiger partial charge in [0.15, 0.2) is 5.82 Å². The first-order valence-electron chi connectivity index (χ1n) is 5.52. The van der Waals surface area contributed by atoms with Crippen molar-refractivity contribution in [1.82, 2.24) is 20.1 Å². The third kappa shape index (κ3) is 5.48. The van der Waals surface area contributed by atoms with Crippen LogP contribution in [0.1, 0.15) is 12.7 Å². The SMILES string of the molecule is CCSCCn1cnc(CNCCOC)n1. The van der Waals surface area contributed by atoms with E-state index in [1.54, 1.807) is 13.4 Å². The Morgan fingerprint density at radius 3 is 3.19 bits per heavy atom. The topological polar surface area (TPSA) is 52.0 Å². The number of aromatic nitrogens is 3. The number of hydrogen-bond donors (Lipinski definition) is 1. The molecule has 0 amide bonds. The van der Waals surface area contributed by atoms with E-state index in [0.717, 1.165) is 30.4 Å². The maximum absolute atomic E-state index is 4.94. The number of thioether (sulfide) groups is 1. The van der Waals surface area contributed by atoms with Gasteiger partial charge in [-0.2, -0.15) is 16.9 Å². The molecule has 16 heavy (non-hydrogen) atoms. The van der Waals surface area contributed by atoms with E-state index >= 15 is 0 Å². The van der Waals surface area contributed by atoms with Crippen molar-refractivity contribution in [2.24, 2.45) is 0 Å². The van der Waals surface area contributed by atoms with E-state index in [2.05, 4.69) is 22.3 Å². The molecular formula is C10H20N4OS. The van der Waals surface area contributed by atoms with Crippen molar-refractivity contribution in [3.8, 4) is 0 Å². The molecule has 0 fully saturated rings. The Morgan fingerprint density at radius 2 is 2.44 bits per heavy atom. The van der Waals surface area contributed by atoms with Crippen molar-refractivity contribution < 1.29 is 4.74 Å². The summed E-state index contributed by atoms with van der Waals surface area (Å²) >= 11 is 1.92. The molecule has 1 rings (SSSR count). The van der Waals surface area contributed by atoms with Crippen molar-refractivity contribution in [2.45, 2.75) is 20.0 Å². The Bertz CT molecular complexity index is 280. The molecule has 1 aromatic rings. The number of nitrogens with zero attached hydrogens (tertiary/aromatic N) is 3. The zero-order valence-corrected chi connectivity index (χ0v) is 10.8. The average molecular weight is 244 g/mol. The van der Waals surface area contributed by atoms with Gasteiger partial charge in [0.25, 0.3) is 0 Å². The lowest BCUT2D eigenvalue weighted by Crippen LogP contribution is -2.19. The highest BCUT2D eigenvalue weighted by Crippen LogP contribution is 1.99. The van der Waals surface area contributed by atoms with Gasteiger partial charge >= 0.3 is 0 Å². The van der Waals surface area contributed by atoms with Crippen LogP contribution in [0.2, 0.25) is 0 Å². The fourth-order valence-electron chi connectivity index (χ4n) is 1.20. The van der Waals surface area contributed by atoms with E-state index in [-0.39, 0.29) is 0 Å². The van der Waals surface area contributed by atoms with Crippen molar-refractivity contribution in [2.75, 3.05) is 31.8 Å². The molecule has 92 valence electrons. The highest BCUT2D eigenvalue weighted by atomic mass is 32.2. The molecule has 0 saturated carbocycles. The predicted molar refractivity (Wildman–Crippen MR) is 66.6 cm³/mol. The molecule has 6 heteroatoms. The Kier molecular flexibility index (Phi) is 7.20. The first kappa shape index (κ1) is 13.5. The van der Waals surface area contributed by atoms with E-state index in [0.29, 0.717) is 13.2 Å². The largest absolute Gasteiger partial charge is 0.383 e. The summed E-state index contributed by atoms with van der Waals surface area (Å²) in [5.41, 5.74) is 0. The lowest BCUT2D eigenvalue weighted by molar-refractivity contribution is 0.199. The molecule has 0 unspecified atom stereocenters. The van der Waals surface area contributed by atoms with Gasteiger partial charge in [0, 0.05) is 19.4 Å². The second kappa shape index (κ2) is 8.55. The number of methoxy groups -OCH3 is 1. The molecule has 0 atom stereocenters. The van der Waals surface area contributed by atoms with E-state index in [1.165, 1.54) is 0 Å². The Labute approximate surface area is 101 Å². The van der Waals surface area contributed by atoms with E-state index in [4.69, 9.17) is 4.74 Å². The first-order chi connectivity index (χ1) is 7.86. The molecule has 1 heterocycles. The van der Waals surface area contributed by atoms with Crippen LogP contribution in [0.4, 0.5) is 0 Å². The predicted octanol–water partition coefficient (Wildman–Crippen LogP) is 0.767. The molecular weight excluding hydrogens is 224 g/mol. The van der Waals surface area contributed by atoms with Crippen LogP contribution >= 0.6 is 11.8 Å². The van der Waals surface area contributed by atoms with Gasteiger partial charge < -0.3 is 10.1 Å². The van der Waals surface area contributed by atoms with Crippen LogP contribution in [0.5, 0.6) is 0 Å². The van der Waals surface area contributed by atoms with E-state index in [1.807, 2.05) is 16.4 Å². The molecule has 0 radical (unpaired) electrons. The monoisotopic (exact) mass is 244 g/mol. The number of aryl methyl sites for hydroxylation is 1. The third-order valence-corrected chi connectivity index (χ3v) is 2.90. The summed E-state index contributed by atoms with van der Waals surface area (Å²) in [5.74, 6) is 3.09. The van der Waals surface area contributed by atoms with Gasteiger partial charge in [-0.25, -0.2) is 4.98 Å². The minimum Gasteiger partial charge on any atom is -0.383 e. The normalized spacial score (nSPS) is 10.9. The second-order valence-electron chi connectivity index (χ2n) is 3.29. The average Bonchev–Trinajstić information content (AvgIpc) is 2.73. The van der Waals surface area contributed by atoms with Gasteiger partial charge in [0.05, 0.1) is 19.7 Å². The fraction of sp³-hybridized carbons (Fsp3) is 0.800. The quantitative estimate of drug-likeness (QED) is 0.650. The number of hydrogen-bond acceptors (Lipinski definition) is 5. The number of nitrogens with one attached hydrogen (secondary N) is 1. The maximum Gasteiger partial charge on any atom is 0.164 e. The molecule has 0 spiro atoms. The molecule has 0 aliphatic carbocycles. The lowest BCUT2D eigenvalue weighted by atomic mass is 10.5. The Morgan fingerprint density at radius 1 is 1.56 bits per heavy atom. The molecule has 0 aromatic carbocycles. The van der Waals surface area contributed by atoms with Gasteiger partial charge in [-0.3, -0.25) is 4.68 Å². The summed E-state index contributed by atoms with van der Waals surface area (Å²) in [5, 5.41) is 7.58. The smallest absolute Gasteiger partial charge is 0.164 e. The van der Waals surface area contributed by atoms with Gasteiger partial charge in [-0.1, -0.05) is 6.92 Å². The molecule has 0 aliphatic heterocycles. The van der Waals surface area contributed by atoms with Gasteiger partial charge in [-0.05, 0) is 5.75 Å². The van der Waals surface area contributed by atoms with Crippen LogP contribution in [-0.4, -0.2) is 46.5 Å². The van der Waals surface area contributed by atoms with Crippen LogP contribution in [0, 0.1) is 0 Å². The highest BCUT2D eigenvalue weighted by Gasteiger charge is 1.99. The molecule has 0 saturated heterocycles. The van der Waals surface area contributed by atoms with Gasteiger partial charge in [0.2, 0.25) is 0 Å². The van der Waals surface area contributed by atoms with Crippen molar-refractivity contribution in [3.63, 3.8) is 0 Å². The summed E-state index contributed by atoms with van der Waals surface area (Å²) in [6.45, 7) is 5.35. The van der Waals surface area contributed by atoms with Crippen molar-refractivity contribution in [1.29, 1.82) is 0 Å². The molecule has 1 N–H and O–H groups in total. The minimum atomic E-state index is 0.706. The lowest BCUT2D eigenvalue weighted by Gasteiger charge is -2.00. The van der Waals surface area contributed by atoms with Gasteiger partial charge in [0.1, 0.15) is 6.33 Å². The Hall–Kier alpha value is -0.590. The summed E-state index contributed by atoms with van der Waals surface area (Å²) in [7, 11) is 1.69. The van der Waals surface area contributed by atoms with Gasteiger partial charge in [-0.15, -0.1) is 0 Å². The van der Waals surface area contributed by atoms with E-state index in [9.17, 15) is 0 Å². The number of ether oxygens (including phenoxy) is 1. The summed E-state index contributed by atoms with van der Waals surface area (Å²) in [6.07, 6.45) is 1.80. The molecule has 0 aliphatic rings. The van der Waals surface area contributed by atoms with Crippen LogP contribution in [-0.2, 0) is 17.8 Å². The summed E-state index contributed by atoms with van der Waals surface area (Å²) < 4.78 is 6.84. The standard InChI is InChI=1S/C10H20N4OS/c1-3-16-7-5-14-9-12-10(13-14)8-11-4-6-15-2/h9,11H,3-8H2,1-2H3. The van der Waals surface area contributed by atoms with Crippen LogP contribution in [0.15, 0.2) is 6.33 Å². The van der Waals surface area contributed by atoms with E-state index < -0.39 is 0 Å². The second-order valence-corrected chi connectivity index (χ2v) is 4.68. The molecule has 5 nitrogen and oxygen atoms in total. The van der Waals surface area contributed by atoms with Crippen molar-refractivity contribution >= 4 is 11.8 Å². The molecule has 1 aromatic heterocycles. The van der Waals surface area contributed by atoms with Crippen LogP contribution in [0.25, 0.3) is 0 Å². The maximum atomic E-state index is 4.94. The third-order valence-electron chi connectivity index (χ3n) is 2.02. The zero-order chi connectivity index (χ0) is 11.6. The minimum absolute atomic E-state index is 0.706. The first-order valence-corrected chi connectivity index (χ1v) is 6.68. The summed E-state index contributed by atoms with van der Waals surface area (Å²) in [6, 6.07) is 0. The Balaban J connectivity index is 2.17.